The van der Waals surface area contributed by atoms with Crippen LogP contribution in [0.5, 0.6) is 0 Å². The Kier molecular flexibility index (Phi) is 4.99. The average molecular weight is 404 g/mol. The van der Waals surface area contributed by atoms with Crippen molar-refractivity contribution >= 4 is 40.1 Å². The van der Waals surface area contributed by atoms with Crippen molar-refractivity contribution in [1.82, 2.24) is 4.90 Å². The van der Waals surface area contributed by atoms with Crippen LogP contribution in [0.15, 0.2) is 42.5 Å². The fourth-order valence-electron chi connectivity index (χ4n) is 1.82. The predicted octanol–water partition coefficient (Wildman–Crippen LogP) is 4.36. The molecule has 20 heavy (non-hydrogen) atoms. The standard InChI is InChI=1S/C15H12ClFINO/c1-19(9-10-4-2-3-5-13(10)17)15(20)12-7-6-11(16)8-14(12)18/h2-8H,9H2,1H3. The molecular formula is C15H12ClFINO. The van der Waals surface area contributed by atoms with Crippen LogP contribution in [0.4, 0.5) is 4.39 Å². The summed E-state index contributed by atoms with van der Waals surface area (Å²) in [7, 11) is 1.65. The van der Waals surface area contributed by atoms with Crippen molar-refractivity contribution in [2.75, 3.05) is 7.05 Å². The highest BCUT2D eigenvalue weighted by Gasteiger charge is 2.16. The molecule has 0 fully saturated rings. The SMILES string of the molecule is CN(Cc1ccccc1F)C(=O)c1ccc(Cl)cc1I. The van der Waals surface area contributed by atoms with Crippen molar-refractivity contribution in [3.05, 3.63) is 68.0 Å². The van der Waals surface area contributed by atoms with Crippen LogP contribution in [0, 0.1) is 9.39 Å². The van der Waals surface area contributed by atoms with E-state index in [2.05, 4.69) is 22.6 Å². The Morgan fingerprint density at radius 2 is 2.00 bits per heavy atom. The largest absolute Gasteiger partial charge is 0.337 e. The van der Waals surface area contributed by atoms with Gasteiger partial charge < -0.3 is 4.90 Å². The molecule has 104 valence electrons. The molecule has 2 nitrogen and oxygen atoms in total. The van der Waals surface area contributed by atoms with Crippen molar-refractivity contribution in [2.45, 2.75) is 6.54 Å². The Labute approximate surface area is 135 Å². The van der Waals surface area contributed by atoms with Crippen LogP contribution in [0.1, 0.15) is 15.9 Å². The van der Waals surface area contributed by atoms with E-state index in [9.17, 15) is 9.18 Å². The van der Waals surface area contributed by atoms with Gasteiger partial charge in [-0.05, 0) is 46.9 Å². The van der Waals surface area contributed by atoms with Gasteiger partial charge in [0.15, 0.2) is 0 Å². The summed E-state index contributed by atoms with van der Waals surface area (Å²) in [5.41, 5.74) is 1.06. The van der Waals surface area contributed by atoms with Gasteiger partial charge in [0.2, 0.25) is 0 Å². The molecule has 0 atom stereocenters. The molecule has 0 aliphatic heterocycles. The quantitative estimate of drug-likeness (QED) is 0.698. The molecule has 2 rings (SSSR count). The molecule has 0 bridgehead atoms. The van der Waals surface area contributed by atoms with Gasteiger partial charge in [-0.15, -0.1) is 0 Å². The Hall–Kier alpha value is -1.14. The third-order valence-corrected chi connectivity index (χ3v) is 4.00. The second-order valence-electron chi connectivity index (χ2n) is 4.38. The number of hydrogen-bond acceptors (Lipinski definition) is 1. The first-order chi connectivity index (χ1) is 9.49. The molecular weight excluding hydrogens is 392 g/mol. The summed E-state index contributed by atoms with van der Waals surface area (Å²) >= 11 is 7.94. The second-order valence-corrected chi connectivity index (χ2v) is 5.98. The zero-order valence-corrected chi connectivity index (χ0v) is 13.7. The lowest BCUT2D eigenvalue weighted by Gasteiger charge is -2.18. The molecule has 2 aromatic rings. The first kappa shape index (κ1) is 15.3. The van der Waals surface area contributed by atoms with Crippen LogP contribution in [0.3, 0.4) is 0 Å². The molecule has 0 saturated carbocycles. The fourth-order valence-corrected chi connectivity index (χ4v) is 2.92. The van der Waals surface area contributed by atoms with Crippen molar-refractivity contribution in [2.24, 2.45) is 0 Å². The summed E-state index contributed by atoms with van der Waals surface area (Å²) < 4.78 is 14.4. The Balaban J connectivity index is 2.19. The maximum Gasteiger partial charge on any atom is 0.254 e. The van der Waals surface area contributed by atoms with Gasteiger partial charge in [-0.25, -0.2) is 4.39 Å². The minimum absolute atomic E-state index is 0.158. The second kappa shape index (κ2) is 6.54. The molecule has 2 aromatic carbocycles. The molecule has 0 radical (unpaired) electrons. The summed E-state index contributed by atoms with van der Waals surface area (Å²) in [4.78, 5) is 13.8. The van der Waals surface area contributed by atoms with E-state index in [-0.39, 0.29) is 18.3 Å². The Bertz CT molecular complexity index is 648. The van der Waals surface area contributed by atoms with Gasteiger partial charge in [-0.3, -0.25) is 4.79 Å². The van der Waals surface area contributed by atoms with E-state index in [1.165, 1.54) is 11.0 Å². The van der Waals surface area contributed by atoms with Crippen LogP contribution in [0.2, 0.25) is 5.02 Å². The molecule has 0 heterocycles. The van der Waals surface area contributed by atoms with Gasteiger partial charge in [-0.1, -0.05) is 29.8 Å². The lowest BCUT2D eigenvalue weighted by Crippen LogP contribution is -2.27. The molecule has 0 N–H and O–H groups in total. The number of carbonyl (C=O) groups excluding carboxylic acids is 1. The highest BCUT2D eigenvalue weighted by Crippen LogP contribution is 2.20. The number of amides is 1. The highest BCUT2D eigenvalue weighted by molar-refractivity contribution is 14.1. The van der Waals surface area contributed by atoms with Crippen LogP contribution in [-0.2, 0) is 6.54 Å². The molecule has 0 aromatic heterocycles. The van der Waals surface area contributed by atoms with E-state index < -0.39 is 0 Å². The number of carbonyl (C=O) groups is 1. The van der Waals surface area contributed by atoms with Gasteiger partial charge in [-0.2, -0.15) is 0 Å². The molecule has 0 spiro atoms. The topological polar surface area (TPSA) is 20.3 Å². The number of rotatable bonds is 3. The lowest BCUT2D eigenvalue weighted by molar-refractivity contribution is 0.0783. The number of benzene rings is 2. The van der Waals surface area contributed by atoms with E-state index in [1.807, 2.05) is 0 Å². The maximum atomic E-state index is 13.6. The van der Waals surface area contributed by atoms with Crippen molar-refractivity contribution in [3.63, 3.8) is 0 Å². The van der Waals surface area contributed by atoms with Crippen molar-refractivity contribution in [1.29, 1.82) is 0 Å². The first-order valence-electron chi connectivity index (χ1n) is 5.93. The van der Waals surface area contributed by atoms with Gasteiger partial charge in [0, 0.05) is 27.7 Å². The smallest absolute Gasteiger partial charge is 0.254 e. The average Bonchev–Trinajstić information content (AvgIpc) is 2.40. The molecule has 0 saturated heterocycles. The third kappa shape index (κ3) is 3.49. The van der Waals surface area contributed by atoms with Gasteiger partial charge >= 0.3 is 0 Å². The third-order valence-electron chi connectivity index (χ3n) is 2.87. The van der Waals surface area contributed by atoms with E-state index in [0.29, 0.717) is 16.1 Å². The van der Waals surface area contributed by atoms with Crippen molar-refractivity contribution < 1.29 is 9.18 Å². The summed E-state index contributed by atoms with van der Waals surface area (Å²) in [5, 5.41) is 0.586. The van der Waals surface area contributed by atoms with Crippen LogP contribution in [-0.4, -0.2) is 17.9 Å². The number of hydrogen-bond donors (Lipinski definition) is 0. The normalized spacial score (nSPS) is 10.4. The number of halogens is 3. The predicted molar refractivity (Wildman–Crippen MR) is 86.4 cm³/mol. The van der Waals surface area contributed by atoms with E-state index in [4.69, 9.17) is 11.6 Å². The molecule has 0 aliphatic carbocycles. The molecule has 1 amide bonds. The van der Waals surface area contributed by atoms with E-state index in [0.717, 1.165) is 3.57 Å². The summed E-state index contributed by atoms with van der Waals surface area (Å²) in [5.74, 6) is -0.465. The Morgan fingerprint density at radius 1 is 1.30 bits per heavy atom. The van der Waals surface area contributed by atoms with Crippen LogP contribution in [0.25, 0.3) is 0 Å². The fraction of sp³-hybridized carbons (Fsp3) is 0.133. The van der Waals surface area contributed by atoms with Crippen molar-refractivity contribution in [3.8, 4) is 0 Å². The zero-order chi connectivity index (χ0) is 14.7. The van der Waals surface area contributed by atoms with Gasteiger partial charge in [0.1, 0.15) is 5.82 Å². The monoisotopic (exact) mass is 403 g/mol. The minimum atomic E-state index is -0.307. The van der Waals surface area contributed by atoms with Crippen LogP contribution >= 0.6 is 34.2 Å². The highest BCUT2D eigenvalue weighted by atomic mass is 127. The van der Waals surface area contributed by atoms with E-state index >= 15 is 0 Å². The van der Waals surface area contributed by atoms with Crippen LogP contribution < -0.4 is 0 Å². The number of nitrogens with zero attached hydrogens (tertiary/aromatic N) is 1. The summed E-state index contributed by atoms with van der Waals surface area (Å²) in [6.07, 6.45) is 0. The first-order valence-corrected chi connectivity index (χ1v) is 7.38. The molecule has 0 unspecified atom stereocenters. The summed E-state index contributed by atoms with van der Waals surface area (Å²) in [6, 6.07) is 11.5. The van der Waals surface area contributed by atoms with Gasteiger partial charge in [0.25, 0.3) is 5.91 Å². The Morgan fingerprint density at radius 3 is 2.65 bits per heavy atom. The maximum absolute atomic E-state index is 13.6. The zero-order valence-electron chi connectivity index (χ0n) is 10.7. The molecule has 5 heteroatoms. The summed E-state index contributed by atoms with van der Waals surface area (Å²) in [6.45, 7) is 0.226. The van der Waals surface area contributed by atoms with Gasteiger partial charge in [0.05, 0.1) is 5.56 Å². The molecule has 0 aliphatic rings. The van der Waals surface area contributed by atoms with E-state index in [1.54, 1.807) is 43.4 Å². The minimum Gasteiger partial charge on any atom is -0.337 e. The lowest BCUT2D eigenvalue weighted by atomic mass is 10.1.